The molecule has 3 rings (SSSR count). The minimum absolute atomic E-state index is 0.901. The Morgan fingerprint density at radius 2 is 2.06 bits per heavy atom. The van der Waals surface area contributed by atoms with Crippen molar-refractivity contribution in [2.45, 2.75) is 6.54 Å². The zero-order valence-corrected chi connectivity index (χ0v) is 10.7. The van der Waals surface area contributed by atoms with Crippen LogP contribution in [0, 0.1) is 0 Å². The Labute approximate surface area is 107 Å². The largest absolute Gasteiger partial charge is 0.497 e. The van der Waals surface area contributed by atoms with Crippen molar-refractivity contribution in [2.75, 3.05) is 33.3 Å². The lowest BCUT2D eigenvalue weighted by molar-refractivity contribution is 0.231. The maximum atomic E-state index is 5.24. The standard InChI is InChI=1S/C14H19N3O/c1-18-13-3-2-11-8-12(16-14(11)9-13)10-17-6-4-15-5-7-17/h2-3,8-9,15-16H,4-7,10H2,1H3. The maximum absolute atomic E-state index is 5.24. The van der Waals surface area contributed by atoms with Gasteiger partial charge in [-0.25, -0.2) is 0 Å². The summed E-state index contributed by atoms with van der Waals surface area (Å²) in [6.45, 7) is 5.43. The zero-order chi connectivity index (χ0) is 12.4. The van der Waals surface area contributed by atoms with Gasteiger partial charge in [-0.05, 0) is 23.6 Å². The summed E-state index contributed by atoms with van der Waals surface area (Å²) >= 11 is 0. The summed E-state index contributed by atoms with van der Waals surface area (Å²) in [4.78, 5) is 5.95. The van der Waals surface area contributed by atoms with E-state index < -0.39 is 0 Å². The topological polar surface area (TPSA) is 40.3 Å². The Kier molecular flexibility index (Phi) is 3.21. The molecule has 0 amide bonds. The monoisotopic (exact) mass is 245 g/mol. The van der Waals surface area contributed by atoms with E-state index in [2.05, 4.69) is 33.4 Å². The first-order chi connectivity index (χ1) is 8.85. The average molecular weight is 245 g/mol. The minimum Gasteiger partial charge on any atom is -0.497 e. The molecule has 2 heterocycles. The molecule has 0 unspecified atom stereocenters. The SMILES string of the molecule is COc1ccc2cc(CN3CCNCC3)[nH]c2c1. The Hall–Kier alpha value is -1.52. The van der Waals surface area contributed by atoms with E-state index in [0.717, 1.165) is 44.0 Å². The molecule has 1 aliphatic rings. The summed E-state index contributed by atoms with van der Waals surface area (Å²) in [5, 5.41) is 4.62. The van der Waals surface area contributed by atoms with Gasteiger partial charge in [-0.15, -0.1) is 0 Å². The van der Waals surface area contributed by atoms with E-state index in [4.69, 9.17) is 4.74 Å². The molecule has 96 valence electrons. The number of hydrogen-bond acceptors (Lipinski definition) is 3. The van der Waals surface area contributed by atoms with Crippen molar-refractivity contribution in [2.24, 2.45) is 0 Å². The van der Waals surface area contributed by atoms with Crippen molar-refractivity contribution < 1.29 is 4.74 Å². The summed E-state index contributed by atoms with van der Waals surface area (Å²) in [5.41, 5.74) is 2.43. The van der Waals surface area contributed by atoms with Crippen molar-refractivity contribution >= 4 is 10.9 Å². The van der Waals surface area contributed by atoms with Crippen molar-refractivity contribution in [1.82, 2.24) is 15.2 Å². The van der Waals surface area contributed by atoms with Gasteiger partial charge in [0.1, 0.15) is 5.75 Å². The second kappa shape index (κ2) is 5.00. The molecule has 4 heteroatoms. The number of benzene rings is 1. The smallest absolute Gasteiger partial charge is 0.120 e. The third-order valence-corrected chi connectivity index (χ3v) is 3.49. The molecular weight excluding hydrogens is 226 g/mol. The summed E-state index contributed by atoms with van der Waals surface area (Å²) < 4.78 is 5.24. The summed E-state index contributed by atoms with van der Waals surface area (Å²) in [6, 6.07) is 8.39. The molecule has 1 aliphatic heterocycles. The van der Waals surface area contributed by atoms with Gasteiger partial charge in [-0.1, -0.05) is 0 Å². The van der Waals surface area contributed by atoms with Gasteiger partial charge < -0.3 is 15.0 Å². The van der Waals surface area contributed by atoms with E-state index >= 15 is 0 Å². The van der Waals surface area contributed by atoms with Gasteiger partial charge in [0.25, 0.3) is 0 Å². The first-order valence-corrected chi connectivity index (χ1v) is 6.44. The highest BCUT2D eigenvalue weighted by atomic mass is 16.5. The number of hydrogen-bond donors (Lipinski definition) is 2. The Morgan fingerprint density at radius 1 is 1.22 bits per heavy atom. The molecule has 2 aromatic rings. The van der Waals surface area contributed by atoms with E-state index in [-0.39, 0.29) is 0 Å². The predicted octanol–water partition coefficient (Wildman–Crippen LogP) is 1.58. The van der Waals surface area contributed by atoms with Gasteiger partial charge in [-0.2, -0.15) is 0 Å². The van der Waals surface area contributed by atoms with Crippen LogP contribution in [0.3, 0.4) is 0 Å². The van der Waals surface area contributed by atoms with Crippen LogP contribution in [-0.4, -0.2) is 43.2 Å². The number of nitrogens with zero attached hydrogens (tertiary/aromatic N) is 1. The fraction of sp³-hybridized carbons (Fsp3) is 0.429. The molecular formula is C14H19N3O. The number of aromatic amines is 1. The van der Waals surface area contributed by atoms with E-state index in [1.165, 1.54) is 11.1 Å². The number of rotatable bonds is 3. The number of methoxy groups -OCH3 is 1. The van der Waals surface area contributed by atoms with Gasteiger partial charge >= 0.3 is 0 Å². The number of nitrogens with one attached hydrogen (secondary N) is 2. The molecule has 0 bridgehead atoms. The van der Waals surface area contributed by atoms with Crippen LogP contribution in [0.15, 0.2) is 24.3 Å². The van der Waals surface area contributed by atoms with Crippen molar-refractivity contribution in [3.8, 4) is 5.75 Å². The molecule has 0 radical (unpaired) electrons. The summed E-state index contributed by atoms with van der Waals surface area (Å²) in [5.74, 6) is 0.901. The van der Waals surface area contributed by atoms with Crippen molar-refractivity contribution in [1.29, 1.82) is 0 Å². The number of ether oxygens (including phenoxy) is 1. The molecule has 1 saturated heterocycles. The van der Waals surface area contributed by atoms with Crippen LogP contribution in [-0.2, 0) is 6.54 Å². The molecule has 0 saturated carbocycles. The molecule has 0 aliphatic carbocycles. The van der Waals surface area contributed by atoms with Crippen LogP contribution in [0.2, 0.25) is 0 Å². The summed E-state index contributed by atoms with van der Waals surface area (Å²) in [6.07, 6.45) is 0. The molecule has 0 atom stereocenters. The van der Waals surface area contributed by atoms with Gasteiger partial charge in [-0.3, -0.25) is 4.90 Å². The summed E-state index contributed by atoms with van der Waals surface area (Å²) in [7, 11) is 1.70. The fourth-order valence-electron chi connectivity index (χ4n) is 2.49. The van der Waals surface area contributed by atoms with E-state index in [9.17, 15) is 0 Å². The maximum Gasteiger partial charge on any atom is 0.120 e. The number of piperazine rings is 1. The van der Waals surface area contributed by atoms with E-state index in [1.54, 1.807) is 7.11 Å². The van der Waals surface area contributed by atoms with Crippen molar-refractivity contribution in [3.63, 3.8) is 0 Å². The second-order valence-corrected chi connectivity index (χ2v) is 4.77. The van der Waals surface area contributed by atoms with Crippen LogP contribution in [0.1, 0.15) is 5.69 Å². The van der Waals surface area contributed by atoms with Crippen LogP contribution in [0.25, 0.3) is 10.9 Å². The van der Waals surface area contributed by atoms with Gasteiger partial charge in [0.15, 0.2) is 0 Å². The first kappa shape index (κ1) is 11.6. The molecule has 18 heavy (non-hydrogen) atoms. The number of fused-ring (bicyclic) bond motifs is 1. The lowest BCUT2D eigenvalue weighted by Crippen LogP contribution is -2.42. The highest BCUT2D eigenvalue weighted by molar-refractivity contribution is 5.81. The Balaban J connectivity index is 1.79. The molecule has 1 aromatic heterocycles. The predicted molar refractivity (Wildman–Crippen MR) is 73.0 cm³/mol. The molecule has 1 aromatic carbocycles. The lowest BCUT2D eigenvalue weighted by Gasteiger charge is -2.26. The van der Waals surface area contributed by atoms with Gasteiger partial charge in [0.05, 0.1) is 7.11 Å². The highest BCUT2D eigenvalue weighted by Crippen LogP contribution is 2.21. The van der Waals surface area contributed by atoms with Crippen molar-refractivity contribution in [3.05, 3.63) is 30.0 Å². The quantitative estimate of drug-likeness (QED) is 0.862. The minimum atomic E-state index is 0.901. The number of aromatic nitrogens is 1. The Morgan fingerprint density at radius 3 is 2.83 bits per heavy atom. The van der Waals surface area contributed by atoms with Crippen LogP contribution in [0.5, 0.6) is 5.75 Å². The lowest BCUT2D eigenvalue weighted by atomic mass is 10.2. The zero-order valence-electron chi connectivity index (χ0n) is 10.7. The highest BCUT2D eigenvalue weighted by Gasteiger charge is 2.11. The second-order valence-electron chi connectivity index (χ2n) is 4.77. The van der Waals surface area contributed by atoms with Gasteiger partial charge in [0.2, 0.25) is 0 Å². The van der Waals surface area contributed by atoms with Crippen LogP contribution >= 0.6 is 0 Å². The third-order valence-electron chi connectivity index (χ3n) is 3.49. The molecule has 2 N–H and O–H groups in total. The van der Waals surface area contributed by atoms with Crippen LogP contribution in [0.4, 0.5) is 0 Å². The Bertz CT molecular complexity index is 529. The third kappa shape index (κ3) is 2.35. The first-order valence-electron chi connectivity index (χ1n) is 6.44. The molecule has 4 nitrogen and oxygen atoms in total. The van der Waals surface area contributed by atoms with E-state index in [0.29, 0.717) is 0 Å². The van der Waals surface area contributed by atoms with Gasteiger partial charge in [0, 0.05) is 50.0 Å². The molecule has 1 fully saturated rings. The normalized spacial score (nSPS) is 17.2. The van der Waals surface area contributed by atoms with Crippen LogP contribution < -0.4 is 10.1 Å². The fourth-order valence-corrected chi connectivity index (χ4v) is 2.49. The number of H-pyrrole nitrogens is 1. The average Bonchev–Trinajstić information content (AvgIpc) is 2.80. The van der Waals surface area contributed by atoms with E-state index in [1.807, 2.05) is 6.07 Å². The molecule has 0 spiro atoms.